The van der Waals surface area contributed by atoms with Crippen LogP contribution in [0, 0.1) is 0 Å². The Hall–Kier alpha value is -3.52. The number of anilines is 2. The SMILES string of the molecule is COc1ccc(S(=O)(=O)Nc2cccc3c2NC(=O)c2ccccc2O3)cc1. The molecule has 3 aromatic carbocycles. The summed E-state index contributed by atoms with van der Waals surface area (Å²) in [6, 6.07) is 17.6. The molecule has 0 unspecified atom stereocenters. The summed E-state index contributed by atoms with van der Waals surface area (Å²) in [6.45, 7) is 0. The molecule has 8 heteroatoms. The maximum atomic E-state index is 12.8. The average molecular weight is 396 g/mol. The van der Waals surface area contributed by atoms with Crippen molar-refractivity contribution in [2.75, 3.05) is 17.1 Å². The minimum absolute atomic E-state index is 0.0649. The van der Waals surface area contributed by atoms with Crippen molar-refractivity contribution in [1.29, 1.82) is 0 Å². The predicted molar refractivity (Wildman–Crippen MR) is 105 cm³/mol. The molecule has 1 amide bonds. The first-order valence-electron chi connectivity index (χ1n) is 8.36. The molecule has 0 bridgehead atoms. The summed E-state index contributed by atoms with van der Waals surface area (Å²) in [6.07, 6.45) is 0. The highest BCUT2D eigenvalue weighted by molar-refractivity contribution is 7.92. The van der Waals surface area contributed by atoms with Crippen LogP contribution in [0.25, 0.3) is 0 Å². The lowest BCUT2D eigenvalue weighted by molar-refractivity contribution is 0.102. The fraction of sp³-hybridized carbons (Fsp3) is 0.0500. The van der Waals surface area contributed by atoms with Gasteiger partial charge in [0.1, 0.15) is 17.2 Å². The number of methoxy groups -OCH3 is 1. The van der Waals surface area contributed by atoms with Gasteiger partial charge < -0.3 is 14.8 Å². The van der Waals surface area contributed by atoms with Crippen LogP contribution in [0.15, 0.2) is 71.6 Å². The van der Waals surface area contributed by atoms with E-state index in [0.29, 0.717) is 22.8 Å². The second kappa shape index (κ2) is 6.90. The molecule has 0 fully saturated rings. The zero-order valence-electron chi connectivity index (χ0n) is 14.8. The summed E-state index contributed by atoms with van der Waals surface area (Å²) in [5.74, 6) is 0.901. The van der Waals surface area contributed by atoms with Crippen LogP contribution in [0.3, 0.4) is 0 Å². The molecular formula is C20H16N2O5S. The van der Waals surface area contributed by atoms with E-state index in [4.69, 9.17) is 9.47 Å². The Morgan fingerprint density at radius 1 is 0.929 bits per heavy atom. The van der Waals surface area contributed by atoms with Crippen molar-refractivity contribution in [2.45, 2.75) is 4.90 Å². The second-order valence-corrected chi connectivity index (χ2v) is 7.69. The third-order valence-corrected chi connectivity index (χ3v) is 5.61. The number of hydrogen-bond acceptors (Lipinski definition) is 5. The summed E-state index contributed by atoms with van der Waals surface area (Å²) >= 11 is 0. The topological polar surface area (TPSA) is 93.7 Å². The smallest absolute Gasteiger partial charge is 0.261 e. The molecule has 0 saturated carbocycles. The van der Waals surface area contributed by atoms with Gasteiger partial charge in [0.2, 0.25) is 0 Å². The number of rotatable bonds is 4. The van der Waals surface area contributed by atoms with Gasteiger partial charge in [0, 0.05) is 0 Å². The van der Waals surface area contributed by atoms with Crippen molar-refractivity contribution in [3.63, 3.8) is 0 Å². The van der Waals surface area contributed by atoms with Gasteiger partial charge in [-0.15, -0.1) is 0 Å². The fourth-order valence-corrected chi connectivity index (χ4v) is 3.90. The Balaban J connectivity index is 1.71. The van der Waals surface area contributed by atoms with Gasteiger partial charge in [-0.05, 0) is 48.5 Å². The summed E-state index contributed by atoms with van der Waals surface area (Å²) in [7, 11) is -2.38. The number of nitrogens with one attached hydrogen (secondary N) is 2. The van der Waals surface area contributed by atoms with Crippen molar-refractivity contribution in [2.24, 2.45) is 0 Å². The fourth-order valence-electron chi connectivity index (χ4n) is 2.83. The molecule has 3 aromatic rings. The van der Waals surface area contributed by atoms with Crippen LogP contribution in [0.1, 0.15) is 10.4 Å². The van der Waals surface area contributed by atoms with Gasteiger partial charge in [-0.25, -0.2) is 8.42 Å². The monoisotopic (exact) mass is 396 g/mol. The van der Waals surface area contributed by atoms with Crippen molar-refractivity contribution in [1.82, 2.24) is 0 Å². The van der Waals surface area contributed by atoms with Gasteiger partial charge in [-0.3, -0.25) is 9.52 Å². The number of amides is 1. The Labute approximate surface area is 162 Å². The van der Waals surface area contributed by atoms with Gasteiger partial charge in [0.05, 0.1) is 23.3 Å². The van der Waals surface area contributed by atoms with Crippen molar-refractivity contribution in [3.8, 4) is 17.2 Å². The number of para-hydroxylation sites is 2. The van der Waals surface area contributed by atoms with E-state index in [9.17, 15) is 13.2 Å². The van der Waals surface area contributed by atoms with Crippen LogP contribution < -0.4 is 19.5 Å². The molecule has 28 heavy (non-hydrogen) atoms. The van der Waals surface area contributed by atoms with Crippen molar-refractivity contribution >= 4 is 27.3 Å². The first-order valence-corrected chi connectivity index (χ1v) is 9.84. The van der Waals surface area contributed by atoms with Gasteiger partial charge in [0.15, 0.2) is 5.75 Å². The first-order chi connectivity index (χ1) is 13.5. The van der Waals surface area contributed by atoms with E-state index in [-0.39, 0.29) is 22.2 Å². The predicted octanol–water partition coefficient (Wildman–Crippen LogP) is 3.85. The third kappa shape index (κ3) is 3.25. The lowest BCUT2D eigenvalue weighted by atomic mass is 10.2. The summed E-state index contributed by atoms with van der Waals surface area (Å²) in [5.41, 5.74) is 0.818. The lowest BCUT2D eigenvalue weighted by Gasteiger charge is -2.14. The summed E-state index contributed by atoms with van der Waals surface area (Å²) < 4.78 is 38.9. The molecule has 0 aromatic heterocycles. The molecule has 2 N–H and O–H groups in total. The maximum absolute atomic E-state index is 12.8. The van der Waals surface area contributed by atoms with E-state index in [0.717, 1.165) is 0 Å². The summed E-state index contributed by atoms with van der Waals surface area (Å²) in [4.78, 5) is 12.6. The standard InChI is InChI=1S/C20H16N2O5S/c1-26-13-9-11-14(12-10-13)28(24,25)22-16-6-4-8-18-19(16)21-20(23)15-5-2-3-7-17(15)27-18/h2-12,22H,1H3,(H,21,23). The van der Waals surface area contributed by atoms with E-state index >= 15 is 0 Å². The second-order valence-electron chi connectivity index (χ2n) is 6.01. The van der Waals surface area contributed by atoms with Gasteiger partial charge >= 0.3 is 0 Å². The number of ether oxygens (including phenoxy) is 2. The highest BCUT2D eigenvalue weighted by Crippen LogP contribution is 2.40. The quantitative estimate of drug-likeness (QED) is 0.699. The Bertz CT molecular complexity index is 1160. The number of carbonyl (C=O) groups is 1. The van der Waals surface area contributed by atoms with Gasteiger partial charge in [-0.2, -0.15) is 0 Å². The molecule has 1 heterocycles. The van der Waals surface area contributed by atoms with Crippen LogP contribution >= 0.6 is 0 Å². The number of benzene rings is 3. The van der Waals surface area contributed by atoms with Crippen LogP contribution in [-0.2, 0) is 10.0 Å². The molecule has 0 spiro atoms. The van der Waals surface area contributed by atoms with E-state index in [1.807, 2.05) is 0 Å². The van der Waals surface area contributed by atoms with Gasteiger partial charge in [0.25, 0.3) is 15.9 Å². The van der Waals surface area contributed by atoms with Crippen LogP contribution in [0.5, 0.6) is 17.2 Å². The maximum Gasteiger partial charge on any atom is 0.261 e. The van der Waals surface area contributed by atoms with Crippen molar-refractivity contribution in [3.05, 3.63) is 72.3 Å². The van der Waals surface area contributed by atoms with Crippen LogP contribution in [0.2, 0.25) is 0 Å². The largest absolute Gasteiger partial charge is 0.497 e. The number of carbonyl (C=O) groups excluding carboxylic acids is 1. The minimum Gasteiger partial charge on any atom is -0.497 e. The molecule has 7 nitrogen and oxygen atoms in total. The molecular weight excluding hydrogens is 380 g/mol. The van der Waals surface area contributed by atoms with Crippen LogP contribution in [-0.4, -0.2) is 21.4 Å². The summed E-state index contributed by atoms with van der Waals surface area (Å²) in [5, 5.41) is 2.73. The molecule has 0 aliphatic carbocycles. The number of sulfonamides is 1. The van der Waals surface area contributed by atoms with Crippen molar-refractivity contribution < 1.29 is 22.7 Å². The molecule has 0 radical (unpaired) electrons. The third-order valence-electron chi connectivity index (χ3n) is 4.23. The first kappa shape index (κ1) is 17.9. The van der Waals surface area contributed by atoms with Crippen LogP contribution in [0.4, 0.5) is 11.4 Å². The van der Waals surface area contributed by atoms with Gasteiger partial charge in [-0.1, -0.05) is 18.2 Å². The Morgan fingerprint density at radius 3 is 2.39 bits per heavy atom. The molecule has 1 aliphatic rings. The molecule has 1 aliphatic heterocycles. The zero-order valence-corrected chi connectivity index (χ0v) is 15.6. The lowest BCUT2D eigenvalue weighted by Crippen LogP contribution is -2.16. The minimum atomic E-state index is -3.88. The zero-order chi connectivity index (χ0) is 19.7. The highest BCUT2D eigenvalue weighted by Gasteiger charge is 2.24. The number of fused-ring (bicyclic) bond motifs is 2. The van der Waals surface area contributed by atoms with E-state index < -0.39 is 10.0 Å². The molecule has 0 atom stereocenters. The van der Waals surface area contributed by atoms with E-state index in [2.05, 4.69) is 10.0 Å². The van der Waals surface area contributed by atoms with E-state index in [1.165, 1.54) is 19.2 Å². The highest BCUT2D eigenvalue weighted by atomic mass is 32.2. The molecule has 4 rings (SSSR count). The van der Waals surface area contributed by atoms with E-state index in [1.54, 1.807) is 54.6 Å². The normalized spacial score (nSPS) is 12.7. The average Bonchev–Trinajstić information content (AvgIpc) is 2.84. The Kier molecular flexibility index (Phi) is 4.40. The molecule has 0 saturated heterocycles. The number of hydrogen-bond donors (Lipinski definition) is 2. The Morgan fingerprint density at radius 2 is 1.64 bits per heavy atom. The molecule has 142 valence electrons.